The Labute approximate surface area is 105 Å². The van der Waals surface area contributed by atoms with E-state index in [0.717, 1.165) is 0 Å². The Balaban J connectivity index is 2.50. The van der Waals surface area contributed by atoms with Gasteiger partial charge in [-0.2, -0.15) is 0 Å². The first-order valence-electron chi connectivity index (χ1n) is 5.67. The van der Waals surface area contributed by atoms with E-state index in [4.69, 9.17) is 4.74 Å². The number of ether oxygens (including phenoxy) is 2. The number of hydrogen-bond acceptors (Lipinski definition) is 5. The predicted octanol–water partition coefficient (Wildman–Crippen LogP) is -0.176. The van der Waals surface area contributed by atoms with Crippen molar-refractivity contribution in [2.45, 2.75) is 25.0 Å². The number of rotatable bonds is 5. The van der Waals surface area contributed by atoms with Crippen LogP contribution >= 0.6 is 0 Å². The van der Waals surface area contributed by atoms with Gasteiger partial charge in [-0.3, -0.25) is 14.4 Å². The monoisotopic (exact) mass is 255 g/mol. The van der Waals surface area contributed by atoms with E-state index in [2.05, 4.69) is 10.1 Å². The average Bonchev–Trinajstić information content (AvgIpc) is 2.40. The number of methoxy groups -OCH3 is 2. The van der Waals surface area contributed by atoms with Crippen molar-refractivity contribution in [3.8, 4) is 0 Å². The average molecular weight is 255 g/mol. The van der Waals surface area contributed by atoms with E-state index in [-0.39, 0.29) is 17.9 Å². The first-order chi connectivity index (χ1) is 8.62. The van der Waals surface area contributed by atoms with Gasteiger partial charge in [0.1, 0.15) is 0 Å². The molecule has 100 valence electrons. The molecule has 0 aromatic carbocycles. The summed E-state index contributed by atoms with van der Waals surface area (Å²) in [4.78, 5) is 33.4. The minimum absolute atomic E-state index is 0.184. The van der Waals surface area contributed by atoms with Crippen molar-refractivity contribution in [3.05, 3.63) is 12.2 Å². The fourth-order valence-electron chi connectivity index (χ4n) is 1.78. The molecule has 0 aromatic heterocycles. The Bertz CT molecular complexity index is 352. The van der Waals surface area contributed by atoms with Crippen LogP contribution in [0.1, 0.15) is 12.8 Å². The summed E-state index contributed by atoms with van der Waals surface area (Å²) in [7, 11) is 2.64. The van der Waals surface area contributed by atoms with Gasteiger partial charge in [-0.05, 0) is 12.8 Å². The zero-order valence-electron chi connectivity index (χ0n) is 10.4. The molecule has 0 saturated heterocycles. The molecule has 3 atom stereocenters. The third kappa shape index (κ3) is 3.66. The summed E-state index contributed by atoms with van der Waals surface area (Å²) in [6.07, 6.45) is 4.03. The molecule has 0 spiro atoms. The van der Waals surface area contributed by atoms with E-state index in [0.29, 0.717) is 19.1 Å². The molecule has 6 heteroatoms. The van der Waals surface area contributed by atoms with Gasteiger partial charge in [-0.1, -0.05) is 12.2 Å². The van der Waals surface area contributed by atoms with Crippen LogP contribution in [0.4, 0.5) is 0 Å². The van der Waals surface area contributed by atoms with Crippen LogP contribution in [-0.4, -0.2) is 44.5 Å². The van der Waals surface area contributed by atoms with Crippen LogP contribution in [0.5, 0.6) is 0 Å². The van der Waals surface area contributed by atoms with Crippen LogP contribution in [0.15, 0.2) is 12.2 Å². The standard InChI is InChI=1S/C12H17NO5/c1-17-10(7-14)11(15)13-9-5-3-8(4-6-9)12(16)18-2/h3,5,7-10H,4,6H2,1-2H3,(H,13,15)/t8-,9+,10?/m0/s1. The Morgan fingerprint density at radius 1 is 1.33 bits per heavy atom. The zero-order valence-corrected chi connectivity index (χ0v) is 10.4. The Kier molecular flexibility index (Phi) is 5.51. The summed E-state index contributed by atoms with van der Waals surface area (Å²) in [6.45, 7) is 0. The fraction of sp³-hybridized carbons (Fsp3) is 0.583. The number of aldehydes is 1. The molecule has 0 fully saturated rings. The van der Waals surface area contributed by atoms with Crippen LogP contribution in [0, 0.1) is 5.92 Å². The summed E-state index contributed by atoms with van der Waals surface area (Å²) < 4.78 is 9.34. The molecule has 18 heavy (non-hydrogen) atoms. The second-order valence-electron chi connectivity index (χ2n) is 4.00. The third-order valence-electron chi connectivity index (χ3n) is 2.83. The Morgan fingerprint density at radius 2 is 2.06 bits per heavy atom. The predicted molar refractivity (Wildman–Crippen MR) is 62.7 cm³/mol. The number of esters is 1. The highest BCUT2D eigenvalue weighted by atomic mass is 16.5. The van der Waals surface area contributed by atoms with Gasteiger partial charge in [0.05, 0.1) is 13.0 Å². The number of nitrogens with one attached hydrogen (secondary N) is 1. The molecular formula is C12H17NO5. The van der Waals surface area contributed by atoms with Gasteiger partial charge in [0, 0.05) is 13.2 Å². The molecule has 1 rings (SSSR count). The van der Waals surface area contributed by atoms with E-state index in [1.54, 1.807) is 12.2 Å². The van der Waals surface area contributed by atoms with Crippen LogP contribution in [0.3, 0.4) is 0 Å². The Hall–Kier alpha value is -1.69. The number of carbonyl (C=O) groups excluding carboxylic acids is 3. The lowest BCUT2D eigenvalue weighted by atomic mass is 9.93. The summed E-state index contributed by atoms with van der Waals surface area (Å²) >= 11 is 0. The first-order valence-corrected chi connectivity index (χ1v) is 5.67. The van der Waals surface area contributed by atoms with Gasteiger partial charge in [0.25, 0.3) is 5.91 Å². The van der Waals surface area contributed by atoms with Gasteiger partial charge >= 0.3 is 5.97 Å². The van der Waals surface area contributed by atoms with E-state index < -0.39 is 12.0 Å². The zero-order chi connectivity index (χ0) is 13.5. The summed E-state index contributed by atoms with van der Waals surface area (Å²) in [5.74, 6) is -1.01. The second kappa shape index (κ2) is 6.90. The van der Waals surface area contributed by atoms with Gasteiger partial charge in [0.15, 0.2) is 12.4 Å². The molecule has 0 aliphatic heterocycles. The smallest absolute Gasteiger partial charge is 0.312 e. The number of amides is 1. The molecule has 1 unspecified atom stereocenters. The van der Waals surface area contributed by atoms with Crippen LogP contribution in [-0.2, 0) is 23.9 Å². The molecule has 1 aliphatic rings. The quantitative estimate of drug-likeness (QED) is 0.319. The topological polar surface area (TPSA) is 81.7 Å². The van der Waals surface area contributed by atoms with E-state index in [1.165, 1.54) is 14.2 Å². The van der Waals surface area contributed by atoms with Crippen molar-refractivity contribution in [1.82, 2.24) is 5.32 Å². The largest absolute Gasteiger partial charge is 0.469 e. The Morgan fingerprint density at radius 3 is 2.50 bits per heavy atom. The van der Waals surface area contributed by atoms with Gasteiger partial charge in [-0.15, -0.1) is 0 Å². The molecule has 1 amide bonds. The van der Waals surface area contributed by atoms with E-state index in [9.17, 15) is 14.4 Å². The molecule has 0 bridgehead atoms. The van der Waals surface area contributed by atoms with E-state index >= 15 is 0 Å². The minimum Gasteiger partial charge on any atom is -0.469 e. The maximum absolute atomic E-state index is 11.6. The molecule has 0 radical (unpaired) electrons. The van der Waals surface area contributed by atoms with Crippen molar-refractivity contribution >= 4 is 18.2 Å². The van der Waals surface area contributed by atoms with Gasteiger partial charge in [-0.25, -0.2) is 0 Å². The number of hydrogen-bond donors (Lipinski definition) is 1. The number of carbonyl (C=O) groups is 3. The van der Waals surface area contributed by atoms with Crippen LogP contribution < -0.4 is 5.32 Å². The summed E-state index contributed by atoms with van der Waals surface area (Å²) in [5, 5.41) is 2.66. The van der Waals surface area contributed by atoms with Crippen molar-refractivity contribution in [2.75, 3.05) is 14.2 Å². The highest BCUT2D eigenvalue weighted by Crippen LogP contribution is 2.18. The fourth-order valence-corrected chi connectivity index (χ4v) is 1.78. The van der Waals surface area contributed by atoms with Crippen molar-refractivity contribution in [3.63, 3.8) is 0 Å². The molecule has 6 nitrogen and oxygen atoms in total. The van der Waals surface area contributed by atoms with Crippen molar-refractivity contribution in [2.24, 2.45) is 5.92 Å². The van der Waals surface area contributed by atoms with Gasteiger partial charge < -0.3 is 14.8 Å². The van der Waals surface area contributed by atoms with Gasteiger partial charge in [0.2, 0.25) is 0 Å². The third-order valence-corrected chi connectivity index (χ3v) is 2.83. The SMILES string of the molecule is COC(=O)[C@H]1C=C[C@@H](NC(=O)C(C=O)OC)CC1. The molecule has 0 heterocycles. The lowest BCUT2D eigenvalue weighted by Crippen LogP contribution is -2.43. The maximum atomic E-state index is 11.6. The molecule has 0 aromatic rings. The van der Waals surface area contributed by atoms with Crippen LogP contribution in [0.25, 0.3) is 0 Å². The summed E-state index contributed by atoms with van der Waals surface area (Å²) in [6, 6.07) is -0.184. The maximum Gasteiger partial charge on any atom is 0.312 e. The lowest BCUT2D eigenvalue weighted by Gasteiger charge is -2.23. The normalized spacial score (nSPS) is 24.1. The van der Waals surface area contributed by atoms with Crippen molar-refractivity contribution in [1.29, 1.82) is 0 Å². The minimum atomic E-state index is -1.09. The highest BCUT2D eigenvalue weighted by molar-refractivity contribution is 5.94. The molecule has 1 aliphatic carbocycles. The molecule has 1 N–H and O–H groups in total. The highest BCUT2D eigenvalue weighted by Gasteiger charge is 2.25. The lowest BCUT2D eigenvalue weighted by molar-refractivity contribution is -0.144. The van der Waals surface area contributed by atoms with E-state index in [1.807, 2.05) is 0 Å². The molecular weight excluding hydrogens is 238 g/mol. The second-order valence-corrected chi connectivity index (χ2v) is 4.00. The van der Waals surface area contributed by atoms with Crippen molar-refractivity contribution < 1.29 is 23.9 Å². The summed E-state index contributed by atoms with van der Waals surface area (Å²) in [5.41, 5.74) is 0. The van der Waals surface area contributed by atoms with Crippen LogP contribution in [0.2, 0.25) is 0 Å². The first kappa shape index (κ1) is 14.4. The molecule has 0 saturated carbocycles.